The average Bonchev–Trinajstić information content (AvgIpc) is 2.30. The van der Waals surface area contributed by atoms with Gasteiger partial charge in [0.15, 0.2) is 0 Å². The van der Waals surface area contributed by atoms with E-state index in [9.17, 15) is 5.11 Å². The van der Waals surface area contributed by atoms with Crippen LogP contribution in [0.1, 0.15) is 32.4 Å². The van der Waals surface area contributed by atoms with E-state index in [1.54, 1.807) is 0 Å². The highest BCUT2D eigenvalue weighted by atomic mass is 79.9. The summed E-state index contributed by atoms with van der Waals surface area (Å²) >= 11 is 3.43. The van der Waals surface area contributed by atoms with Crippen molar-refractivity contribution in [3.05, 3.63) is 28.2 Å². The molecule has 1 aromatic carbocycles. The first-order chi connectivity index (χ1) is 7.92. The predicted octanol–water partition coefficient (Wildman–Crippen LogP) is 2.87. The zero-order valence-corrected chi connectivity index (χ0v) is 12.1. The topological polar surface area (TPSA) is 55.5 Å². The van der Waals surface area contributed by atoms with E-state index in [-0.39, 0.29) is 18.1 Å². The first-order valence-corrected chi connectivity index (χ1v) is 6.50. The van der Waals surface area contributed by atoms with Crippen LogP contribution in [0.25, 0.3) is 0 Å². The summed E-state index contributed by atoms with van der Waals surface area (Å²) < 4.78 is 6.53. The number of hydrogen-bond acceptors (Lipinski definition) is 3. The molecule has 0 bridgehead atoms. The molecule has 0 fully saturated rings. The van der Waals surface area contributed by atoms with Crippen LogP contribution in [0.4, 0.5) is 0 Å². The average molecular weight is 302 g/mol. The van der Waals surface area contributed by atoms with Crippen LogP contribution in [0, 0.1) is 5.41 Å². The molecule has 0 saturated heterocycles. The number of ether oxygens (including phenoxy) is 1. The van der Waals surface area contributed by atoms with E-state index in [1.165, 1.54) is 0 Å². The fraction of sp³-hybridized carbons (Fsp3) is 0.538. The Morgan fingerprint density at radius 3 is 2.65 bits per heavy atom. The number of halogens is 1. The molecule has 0 aliphatic heterocycles. The van der Waals surface area contributed by atoms with Crippen molar-refractivity contribution in [2.24, 2.45) is 11.1 Å². The van der Waals surface area contributed by atoms with Gasteiger partial charge in [-0.25, -0.2) is 0 Å². The minimum absolute atomic E-state index is 0.0340. The van der Waals surface area contributed by atoms with Gasteiger partial charge in [0.1, 0.15) is 5.75 Å². The summed E-state index contributed by atoms with van der Waals surface area (Å²) in [6, 6.07) is 5.50. The van der Waals surface area contributed by atoms with Gasteiger partial charge in [0, 0.05) is 28.1 Å². The van der Waals surface area contributed by atoms with Crippen LogP contribution >= 0.6 is 15.9 Å². The third-order valence-corrected chi connectivity index (χ3v) is 3.35. The fourth-order valence-electron chi connectivity index (χ4n) is 1.57. The molecule has 0 radical (unpaired) electrons. The lowest BCUT2D eigenvalue weighted by molar-refractivity contribution is 0.130. The van der Waals surface area contributed by atoms with Crippen LogP contribution in [0.5, 0.6) is 5.75 Å². The van der Waals surface area contributed by atoms with Gasteiger partial charge in [-0.1, -0.05) is 29.8 Å². The van der Waals surface area contributed by atoms with Crippen molar-refractivity contribution < 1.29 is 9.84 Å². The first-order valence-electron chi connectivity index (χ1n) is 5.71. The number of hydrogen-bond donors (Lipinski definition) is 2. The summed E-state index contributed by atoms with van der Waals surface area (Å²) in [6.45, 7) is 6.45. The Bertz CT molecular complexity index is 380. The highest BCUT2D eigenvalue weighted by Crippen LogP contribution is 2.37. The van der Waals surface area contributed by atoms with Crippen molar-refractivity contribution in [2.45, 2.75) is 26.8 Å². The maximum atomic E-state index is 9.38. The van der Waals surface area contributed by atoms with Crippen molar-refractivity contribution in [3.63, 3.8) is 0 Å². The standard InChI is InChI=1S/C13H20BrNO2/c1-4-17-11-6-5-9(14)7-10(11)12(15)13(2,3)8-16/h5-7,12,16H,4,8,15H2,1-3H3/t12-/m0/s1. The molecular weight excluding hydrogens is 282 g/mol. The number of benzene rings is 1. The molecule has 0 aromatic heterocycles. The quantitative estimate of drug-likeness (QED) is 0.879. The van der Waals surface area contributed by atoms with Gasteiger partial charge >= 0.3 is 0 Å². The van der Waals surface area contributed by atoms with E-state index in [1.807, 2.05) is 39.0 Å². The summed E-state index contributed by atoms with van der Waals surface area (Å²) in [5, 5.41) is 9.38. The molecule has 0 heterocycles. The van der Waals surface area contributed by atoms with E-state index in [0.717, 1.165) is 15.8 Å². The largest absolute Gasteiger partial charge is 0.494 e. The van der Waals surface area contributed by atoms with Crippen molar-refractivity contribution in [3.8, 4) is 5.75 Å². The summed E-state index contributed by atoms with van der Waals surface area (Å²) in [5.41, 5.74) is 6.76. The number of aliphatic hydroxyl groups is 1. The van der Waals surface area contributed by atoms with Crippen molar-refractivity contribution in [1.29, 1.82) is 0 Å². The molecule has 0 aliphatic carbocycles. The number of nitrogens with two attached hydrogens (primary N) is 1. The van der Waals surface area contributed by atoms with Crippen molar-refractivity contribution in [2.75, 3.05) is 13.2 Å². The van der Waals surface area contributed by atoms with Crippen LogP contribution in [-0.2, 0) is 0 Å². The van der Waals surface area contributed by atoms with Gasteiger partial charge in [-0.05, 0) is 25.1 Å². The maximum Gasteiger partial charge on any atom is 0.124 e. The first kappa shape index (κ1) is 14.5. The van der Waals surface area contributed by atoms with Crippen LogP contribution < -0.4 is 10.5 Å². The SMILES string of the molecule is CCOc1ccc(Br)cc1[C@H](N)C(C)(C)CO. The summed E-state index contributed by atoms with van der Waals surface area (Å²) in [4.78, 5) is 0. The Balaban J connectivity index is 3.14. The second kappa shape index (κ2) is 5.85. The number of aliphatic hydroxyl groups excluding tert-OH is 1. The van der Waals surface area contributed by atoms with Crippen LogP contribution in [0.15, 0.2) is 22.7 Å². The lowest BCUT2D eigenvalue weighted by Crippen LogP contribution is -2.32. The van der Waals surface area contributed by atoms with E-state index in [2.05, 4.69) is 15.9 Å². The summed E-state index contributed by atoms with van der Waals surface area (Å²) in [6.07, 6.45) is 0. The molecule has 96 valence electrons. The molecule has 1 atom stereocenters. The predicted molar refractivity (Wildman–Crippen MR) is 73.1 cm³/mol. The zero-order chi connectivity index (χ0) is 13.1. The Labute approximate surface area is 111 Å². The van der Waals surface area contributed by atoms with Gasteiger partial charge in [0.05, 0.1) is 6.61 Å². The number of rotatable bonds is 5. The zero-order valence-electron chi connectivity index (χ0n) is 10.5. The molecule has 3 N–H and O–H groups in total. The van der Waals surface area contributed by atoms with Crippen LogP contribution in [0.3, 0.4) is 0 Å². The van der Waals surface area contributed by atoms with E-state index in [4.69, 9.17) is 10.5 Å². The van der Waals surface area contributed by atoms with E-state index >= 15 is 0 Å². The van der Waals surface area contributed by atoms with Gasteiger partial charge in [0.2, 0.25) is 0 Å². The molecule has 0 unspecified atom stereocenters. The smallest absolute Gasteiger partial charge is 0.124 e. The monoisotopic (exact) mass is 301 g/mol. The summed E-state index contributed by atoms with van der Waals surface area (Å²) in [5.74, 6) is 0.782. The summed E-state index contributed by atoms with van der Waals surface area (Å²) in [7, 11) is 0. The normalized spacial score (nSPS) is 13.5. The molecule has 1 aromatic rings. The Morgan fingerprint density at radius 1 is 1.47 bits per heavy atom. The minimum atomic E-state index is -0.382. The lowest BCUT2D eigenvalue weighted by Gasteiger charge is -2.31. The third kappa shape index (κ3) is 3.44. The molecule has 0 aliphatic rings. The highest BCUT2D eigenvalue weighted by molar-refractivity contribution is 9.10. The Morgan fingerprint density at radius 2 is 2.12 bits per heavy atom. The fourth-order valence-corrected chi connectivity index (χ4v) is 1.95. The molecule has 3 nitrogen and oxygen atoms in total. The van der Waals surface area contributed by atoms with Gasteiger partial charge in [-0.15, -0.1) is 0 Å². The van der Waals surface area contributed by atoms with Crippen LogP contribution in [-0.4, -0.2) is 18.3 Å². The highest BCUT2D eigenvalue weighted by Gasteiger charge is 2.29. The van der Waals surface area contributed by atoms with E-state index in [0.29, 0.717) is 6.61 Å². The Hall–Kier alpha value is -0.580. The van der Waals surface area contributed by atoms with Gasteiger partial charge in [-0.3, -0.25) is 0 Å². The molecule has 4 heteroatoms. The molecule has 0 amide bonds. The van der Waals surface area contributed by atoms with Crippen molar-refractivity contribution in [1.82, 2.24) is 0 Å². The van der Waals surface area contributed by atoms with Gasteiger partial charge < -0.3 is 15.6 Å². The van der Waals surface area contributed by atoms with Gasteiger partial charge in [-0.2, -0.15) is 0 Å². The van der Waals surface area contributed by atoms with Crippen molar-refractivity contribution >= 4 is 15.9 Å². The minimum Gasteiger partial charge on any atom is -0.494 e. The molecule has 0 spiro atoms. The van der Waals surface area contributed by atoms with Crippen LogP contribution in [0.2, 0.25) is 0 Å². The maximum absolute atomic E-state index is 9.38. The third-order valence-electron chi connectivity index (χ3n) is 2.86. The van der Waals surface area contributed by atoms with E-state index < -0.39 is 0 Å². The molecular formula is C13H20BrNO2. The molecule has 0 saturated carbocycles. The molecule has 17 heavy (non-hydrogen) atoms. The molecule has 1 rings (SSSR count). The Kier molecular flexibility index (Phi) is 4.98. The second-order valence-electron chi connectivity index (χ2n) is 4.74. The second-order valence-corrected chi connectivity index (χ2v) is 5.66. The van der Waals surface area contributed by atoms with Gasteiger partial charge in [0.25, 0.3) is 0 Å². The lowest BCUT2D eigenvalue weighted by atomic mass is 9.81.